The summed E-state index contributed by atoms with van der Waals surface area (Å²) >= 11 is 0. The first-order valence-corrected chi connectivity index (χ1v) is 10.5. The van der Waals surface area contributed by atoms with Crippen molar-refractivity contribution in [3.8, 4) is 0 Å². The lowest BCUT2D eigenvalue weighted by Gasteiger charge is -2.57. The largest absolute Gasteiger partial charge is 0.300 e. The number of nitrogens with zero attached hydrogens (tertiary/aromatic N) is 1. The maximum absolute atomic E-state index is 12.5. The molecule has 1 amide bonds. The zero-order chi connectivity index (χ0) is 18.5. The van der Waals surface area contributed by atoms with Crippen LogP contribution in [0, 0.1) is 35.0 Å². The number of hydrogen-bond donors (Lipinski definition) is 0. The van der Waals surface area contributed by atoms with Gasteiger partial charge >= 0.3 is 0 Å². The third-order valence-electron chi connectivity index (χ3n) is 8.27. The quantitative estimate of drug-likeness (QED) is 0.696. The molecule has 4 rings (SSSR count). The number of carbonyl (C=O) groups excluding carboxylic acids is 2. The molecule has 0 N–H and O–H groups in total. The van der Waals surface area contributed by atoms with Gasteiger partial charge in [-0.1, -0.05) is 13.0 Å². The second kappa shape index (κ2) is 6.78. The van der Waals surface area contributed by atoms with Crippen LogP contribution in [0.1, 0.15) is 64.7 Å². The van der Waals surface area contributed by atoms with Crippen molar-refractivity contribution < 1.29 is 14.4 Å². The van der Waals surface area contributed by atoms with Crippen molar-refractivity contribution in [2.24, 2.45) is 35.0 Å². The Morgan fingerprint density at radius 2 is 1.92 bits per heavy atom. The molecule has 26 heavy (non-hydrogen) atoms. The molecule has 4 aliphatic rings. The molecule has 0 unspecified atom stereocenters. The number of amides is 1. The monoisotopic (exact) mass is 359 g/mol. The summed E-state index contributed by atoms with van der Waals surface area (Å²) in [5, 5.41) is 1.35. The smallest absolute Gasteiger partial charge is 0.272 e. The van der Waals surface area contributed by atoms with Gasteiger partial charge < -0.3 is 0 Å². The summed E-state index contributed by atoms with van der Waals surface area (Å²) in [5.41, 5.74) is 1.08. The van der Waals surface area contributed by atoms with Crippen molar-refractivity contribution in [3.63, 3.8) is 0 Å². The van der Waals surface area contributed by atoms with Crippen LogP contribution in [0.4, 0.5) is 0 Å². The van der Waals surface area contributed by atoms with Crippen LogP contribution in [0.25, 0.3) is 0 Å². The molecule has 144 valence electrons. The molecule has 4 aliphatic carbocycles. The molecule has 0 aromatic heterocycles. The first-order chi connectivity index (χ1) is 12.4. The Morgan fingerprint density at radius 1 is 1.12 bits per heavy atom. The van der Waals surface area contributed by atoms with Gasteiger partial charge in [0, 0.05) is 25.5 Å². The molecule has 0 aromatic rings. The molecule has 0 aliphatic heterocycles. The Labute approximate surface area is 157 Å². The van der Waals surface area contributed by atoms with E-state index in [0.29, 0.717) is 17.6 Å². The minimum Gasteiger partial charge on any atom is -0.300 e. The minimum atomic E-state index is 0.0174. The van der Waals surface area contributed by atoms with E-state index in [4.69, 9.17) is 4.84 Å². The molecule has 0 spiro atoms. The summed E-state index contributed by atoms with van der Waals surface area (Å²) in [5.74, 6) is 4.25. The van der Waals surface area contributed by atoms with Crippen LogP contribution < -0.4 is 0 Å². The van der Waals surface area contributed by atoms with Crippen molar-refractivity contribution in [1.82, 2.24) is 5.06 Å². The van der Waals surface area contributed by atoms with E-state index in [1.54, 1.807) is 14.2 Å². The Hall–Kier alpha value is -1.16. The number of hydrogen-bond acceptors (Lipinski definition) is 3. The summed E-state index contributed by atoms with van der Waals surface area (Å²) < 4.78 is 0. The molecule has 4 nitrogen and oxygen atoms in total. The number of carbonyl (C=O) groups is 2. The average molecular weight is 360 g/mol. The number of fused-ring (bicyclic) bond motifs is 5. The van der Waals surface area contributed by atoms with Gasteiger partial charge in [-0.25, -0.2) is 5.06 Å². The van der Waals surface area contributed by atoms with Crippen molar-refractivity contribution in [2.75, 3.05) is 14.2 Å². The summed E-state index contributed by atoms with van der Waals surface area (Å²) in [4.78, 5) is 29.5. The molecular weight excluding hydrogens is 326 g/mol. The third kappa shape index (κ3) is 2.94. The normalized spacial score (nSPS) is 42.2. The van der Waals surface area contributed by atoms with Crippen LogP contribution in [0.2, 0.25) is 0 Å². The Bertz CT molecular complexity index is 627. The maximum atomic E-state index is 12.5. The van der Waals surface area contributed by atoms with Gasteiger partial charge in [0.05, 0.1) is 7.11 Å². The van der Waals surface area contributed by atoms with E-state index in [2.05, 4.69) is 13.0 Å². The number of likely N-dealkylation sites (N-methyl/N-ethyl adjacent to an activating group) is 1. The van der Waals surface area contributed by atoms with E-state index in [-0.39, 0.29) is 11.3 Å². The van der Waals surface area contributed by atoms with Gasteiger partial charge in [-0.2, -0.15) is 0 Å². The SMILES string of the molecule is CON(C)C(=O)C1=C[C@@]2(C)CC[C@H]3[C@@H](CC[C@@H]4CC(=O)CC[C@@H]43)[C@@H]2CC1. The molecule has 3 saturated carbocycles. The highest BCUT2D eigenvalue weighted by molar-refractivity contribution is 5.92. The van der Waals surface area contributed by atoms with E-state index in [9.17, 15) is 9.59 Å². The lowest BCUT2D eigenvalue weighted by atomic mass is 9.48. The van der Waals surface area contributed by atoms with E-state index < -0.39 is 0 Å². The highest BCUT2D eigenvalue weighted by atomic mass is 16.7. The van der Waals surface area contributed by atoms with Crippen molar-refractivity contribution >= 4 is 11.7 Å². The fourth-order valence-corrected chi connectivity index (χ4v) is 6.97. The van der Waals surface area contributed by atoms with E-state index >= 15 is 0 Å². The van der Waals surface area contributed by atoms with Crippen LogP contribution in [0.5, 0.6) is 0 Å². The Morgan fingerprint density at radius 3 is 2.69 bits per heavy atom. The predicted molar refractivity (Wildman–Crippen MR) is 100.0 cm³/mol. The lowest BCUT2D eigenvalue weighted by molar-refractivity contribution is -0.164. The number of hydroxylamine groups is 2. The Balaban J connectivity index is 1.54. The average Bonchev–Trinajstić information content (AvgIpc) is 2.65. The summed E-state index contributed by atoms with van der Waals surface area (Å²) in [6.45, 7) is 2.38. The van der Waals surface area contributed by atoms with Gasteiger partial charge in [0.1, 0.15) is 5.78 Å². The molecule has 0 heterocycles. The highest BCUT2D eigenvalue weighted by Gasteiger charge is 2.52. The molecule has 6 atom stereocenters. The fourth-order valence-electron chi connectivity index (χ4n) is 6.97. The van der Waals surface area contributed by atoms with Gasteiger partial charge in [0.25, 0.3) is 5.91 Å². The van der Waals surface area contributed by atoms with E-state index in [1.165, 1.54) is 30.7 Å². The standard InChI is InChI=1S/C22H33NO3/c1-22-11-10-18-17-8-6-16(24)12-14(17)4-7-19(18)20(22)9-5-15(13-22)21(25)23(2)26-3/h13-14,17-20H,4-12H2,1-3H3/t14-,17+,18-,19-,20+,22-/m1/s1. The molecule has 0 saturated heterocycles. The van der Waals surface area contributed by atoms with Gasteiger partial charge in [-0.15, -0.1) is 0 Å². The topological polar surface area (TPSA) is 46.6 Å². The molecule has 3 fully saturated rings. The fraction of sp³-hybridized carbons (Fsp3) is 0.818. The van der Waals surface area contributed by atoms with Crippen LogP contribution in [-0.4, -0.2) is 30.9 Å². The molecular formula is C22H33NO3. The van der Waals surface area contributed by atoms with E-state index in [0.717, 1.165) is 55.4 Å². The second-order valence-corrected chi connectivity index (χ2v) is 9.45. The number of rotatable bonds is 2. The van der Waals surface area contributed by atoms with Crippen molar-refractivity contribution in [1.29, 1.82) is 0 Å². The molecule has 4 heteroatoms. The Kier molecular flexibility index (Phi) is 4.75. The summed E-state index contributed by atoms with van der Waals surface area (Å²) in [6, 6.07) is 0. The number of allylic oxidation sites excluding steroid dienone is 1. The zero-order valence-electron chi connectivity index (χ0n) is 16.5. The first kappa shape index (κ1) is 18.2. The predicted octanol–water partition coefficient (Wildman–Crippen LogP) is 4.15. The first-order valence-electron chi connectivity index (χ1n) is 10.5. The van der Waals surface area contributed by atoms with Crippen molar-refractivity contribution in [2.45, 2.75) is 64.7 Å². The summed E-state index contributed by atoms with van der Waals surface area (Å²) in [7, 11) is 3.24. The highest BCUT2D eigenvalue weighted by Crippen LogP contribution is 2.60. The van der Waals surface area contributed by atoms with Gasteiger partial charge in [0.15, 0.2) is 0 Å². The molecule has 0 bridgehead atoms. The second-order valence-electron chi connectivity index (χ2n) is 9.45. The lowest BCUT2D eigenvalue weighted by Crippen LogP contribution is -2.49. The van der Waals surface area contributed by atoms with Crippen LogP contribution in [0.15, 0.2) is 11.6 Å². The van der Waals surface area contributed by atoms with Gasteiger partial charge in [0.2, 0.25) is 0 Å². The number of ketones is 1. The molecule has 0 radical (unpaired) electrons. The summed E-state index contributed by atoms with van der Waals surface area (Å²) in [6.07, 6.45) is 12.1. The van der Waals surface area contributed by atoms with Gasteiger partial charge in [-0.05, 0) is 80.0 Å². The number of Topliss-reactive ketones (excluding diaryl/α,β-unsaturated/α-hetero) is 1. The van der Waals surface area contributed by atoms with E-state index in [1.807, 2.05) is 0 Å². The zero-order valence-corrected chi connectivity index (χ0v) is 16.5. The third-order valence-corrected chi connectivity index (χ3v) is 8.27. The maximum Gasteiger partial charge on any atom is 0.272 e. The van der Waals surface area contributed by atoms with Crippen LogP contribution in [-0.2, 0) is 14.4 Å². The van der Waals surface area contributed by atoms with Gasteiger partial charge in [-0.3, -0.25) is 14.4 Å². The van der Waals surface area contributed by atoms with Crippen LogP contribution in [0.3, 0.4) is 0 Å². The van der Waals surface area contributed by atoms with Crippen LogP contribution >= 0.6 is 0 Å². The minimum absolute atomic E-state index is 0.0174. The molecule has 0 aromatic carbocycles. The van der Waals surface area contributed by atoms with Crippen molar-refractivity contribution in [3.05, 3.63) is 11.6 Å².